The summed E-state index contributed by atoms with van der Waals surface area (Å²) in [7, 11) is 1.61. The van der Waals surface area contributed by atoms with Crippen LogP contribution in [-0.4, -0.2) is 42.3 Å². The minimum absolute atomic E-state index is 0.0444. The molecule has 1 amide bonds. The first-order valence-electron chi connectivity index (χ1n) is 8.41. The number of hydrogen-bond donors (Lipinski definition) is 2. The Kier molecular flexibility index (Phi) is 5.73. The zero-order valence-corrected chi connectivity index (χ0v) is 15.2. The lowest BCUT2D eigenvalue weighted by Crippen LogP contribution is -2.38. The number of carbonyl (C=O) groups is 1. The highest BCUT2D eigenvalue weighted by molar-refractivity contribution is 6.30. The molecule has 2 aromatic carbocycles. The Labute approximate surface area is 157 Å². The van der Waals surface area contributed by atoms with Crippen molar-refractivity contribution in [3.05, 3.63) is 47.5 Å². The van der Waals surface area contributed by atoms with Gasteiger partial charge in [-0.05, 0) is 49.2 Å². The maximum absolute atomic E-state index is 11.3. The van der Waals surface area contributed by atoms with E-state index in [4.69, 9.17) is 21.1 Å². The fourth-order valence-corrected chi connectivity index (χ4v) is 3.19. The standard InChI is InChI=1S/C19H21ClN2O4/c1-25-15-5-7-16(8-6-15)26-18-11-13(20)4-9-17(18)21-12-14-3-2-10-22(14)19(23)24/h4-9,11,14,21H,2-3,10,12H2,1H3,(H,23,24)/t14-/m0/s1. The third-order valence-corrected chi connectivity index (χ3v) is 4.62. The van der Waals surface area contributed by atoms with Crippen LogP contribution in [0.3, 0.4) is 0 Å². The van der Waals surface area contributed by atoms with Crippen molar-refractivity contribution >= 4 is 23.4 Å². The molecule has 1 aliphatic heterocycles. The number of nitrogens with zero attached hydrogens (tertiary/aromatic N) is 1. The Balaban J connectivity index is 1.72. The number of methoxy groups -OCH3 is 1. The summed E-state index contributed by atoms with van der Waals surface area (Å²) in [5.41, 5.74) is 0.766. The van der Waals surface area contributed by atoms with E-state index in [-0.39, 0.29) is 6.04 Å². The van der Waals surface area contributed by atoms with Crippen LogP contribution in [0.15, 0.2) is 42.5 Å². The zero-order valence-electron chi connectivity index (χ0n) is 14.4. The first kappa shape index (κ1) is 18.2. The summed E-state index contributed by atoms with van der Waals surface area (Å²) in [6, 6.07) is 12.6. The molecule has 1 atom stereocenters. The van der Waals surface area contributed by atoms with E-state index in [2.05, 4.69) is 5.32 Å². The van der Waals surface area contributed by atoms with E-state index in [1.165, 1.54) is 4.90 Å². The van der Waals surface area contributed by atoms with Crippen LogP contribution >= 0.6 is 11.6 Å². The Morgan fingerprint density at radius 3 is 2.69 bits per heavy atom. The molecule has 7 heteroatoms. The van der Waals surface area contributed by atoms with Gasteiger partial charge in [-0.25, -0.2) is 4.79 Å². The number of anilines is 1. The van der Waals surface area contributed by atoms with Crippen LogP contribution in [0.25, 0.3) is 0 Å². The van der Waals surface area contributed by atoms with Crippen LogP contribution in [0.1, 0.15) is 12.8 Å². The van der Waals surface area contributed by atoms with E-state index < -0.39 is 6.09 Å². The summed E-state index contributed by atoms with van der Waals surface area (Å²) in [4.78, 5) is 12.8. The minimum Gasteiger partial charge on any atom is -0.497 e. The average molecular weight is 377 g/mol. The molecule has 0 spiro atoms. The molecule has 3 rings (SSSR count). The number of halogens is 1. The van der Waals surface area contributed by atoms with Gasteiger partial charge in [0.25, 0.3) is 0 Å². The molecule has 0 unspecified atom stereocenters. The second-order valence-corrected chi connectivity index (χ2v) is 6.51. The third-order valence-electron chi connectivity index (χ3n) is 4.38. The topological polar surface area (TPSA) is 71.0 Å². The van der Waals surface area contributed by atoms with E-state index in [1.807, 2.05) is 30.3 Å². The van der Waals surface area contributed by atoms with Crippen molar-refractivity contribution in [3.63, 3.8) is 0 Å². The molecule has 1 aliphatic rings. The second kappa shape index (κ2) is 8.19. The number of carboxylic acid groups (broad SMARTS) is 1. The fraction of sp³-hybridized carbons (Fsp3) is 0.316. The molecule has 0 aromatic heterocycles. The Bertz CT molecular complexity index is 767. The highest BCUT2D eigenvalue weighted by Crippen LogP contribution is 2.33. The summed E-state index contributed by atoms with van der Waals surface area (Å²) in [6.07, 6.45) is 0.857. The summed E-state index contributed by atoms with van der Waals surface area (Å²) in [5, 5.41) is 13.1. The molecule has 138 valence electrons. The smallest absolute Gasteiger partial charge is 0.407 e. The first-order valence-corrected chi connectivity index (χ1v) is 8.79. The molecular weight excluding hydrogens is 356 g/mol. The van der Waals surface area contributed by atoms with E-state index >= 15 is 0 Å². The van der Waals surface area contributed by atoms with Crippen LogP contribution in [0.5, 0.6) is 17.2 Å². The maximum Gasteiger partial charge on any atom is 0.407 e. The first-order chi connectivity index (χ1) is 12.6. The molecule has 0 radical (unpaired) electrons. The van der Waals surface area contributed by atoms with E-state index in [9.17, 15) is 9.90 Å². The van der Waals surface area contributed by atoms with Gasteiger partial charge in [0.15, 0.2) is 5.75 Å². The fourth-order valence-electron chi connectivity index (χ4n) is 3.02. The highest BCUT2D eigenvalue weighted by Gasteiger charge is 2.28. The molecule has 1 fully saturated rings. The number of rotatable bonds is 6. The second-order valence-electron chi connectivity index (χ2n) is 6.07. The van der Waals surface area contributed by atoms with Gasteiger partial charge in [0.05, 0.1) is 18.8 Å². The number of nitrogens with one attached hydrogen (secondary N) is 1. The Morgan fingerprint density at radius 1 is 1.27 bits per heavy atom. The molecular formula is C19H21ClN2O4. The molecule has 26 heavy (non-hydrogen) atoms. The van der Waals surface area contributed by atoms with Gasteiger partial charge < -0.3 is 24.8 Å². The monoisotopic (exact) mass is 376 g/mol. The quantitative estimate of drug-likeness (QED) is 0.764. The van der Waals surface area contributed by atoms with Crippen LogP contribution in [0.2, 0.25) is 5.02 Å². The lowest BCUT2D eigenvalue weighted by atomic mass is 10.2. The van der Waals surface area contributed by atoms with E-state index in [1.54, 1.807) is 19.2 Å². The third kappa shape index (κ3) is 4.32. The largest absolute Gasteiger partial charge is 0.497 e. The number of hydrogen-bond acceptors (Lipinski definition) is 4. The molecule has 0 bridgehead atoms. The summed E-state index contributed by atoms with van der Waals surface area (Å²) in [5.74, 6) is 1.99. The Morgan fingerprint density at radius 2 is 2.00 bits per heavy atom. The van der Waals surface area contributed by atoms with E-state index in [0.29, 0.717) is 29.6 Å². The molecule has 0 aliphatic carbocycles. The maximum atomic E-state index is 11.3. The van der Waals surface area contributed by atoms with Crippen molar-refractivity contribution in [1.82, 2.24) is 4.90 Å². The summed E-state index contributed by atoms with van der Waals surface area (Å²) >= 11 is 6.11. The van der Waals surface area contributed by atoms with Crippen molar-refractivity contribution < 1.29 is 19.4 Å². The number of ether oxygens (including phenoxy) is 2. The van der Waals surface area contributed by atoms with Gasteiger partial charge in [-0.15, -0.1) is 0 Å². The molecule has 6 nitrogen and oxygen atoms in total. The van der Waals surface area contributed by atoms with Gasteiger partial charge >= 0.3 is 6.09 Å². The van der Waals surface area contributed by atoms with Crippen molar-refractivity contribution in [1.29, 1.82) is 0 Å². The predicted octanol–water partition coefficient (Wildman–Crippen LogP) is 4.70. The highest BCUT2D eigenvalue weighted by atomic mass is 35.5. The van der Waals surface area contributed by atoms with Crippen LogP contribution in [-0.2, 0) is 0 Å². The summed E-state index contributed by atoms with van der Waals surface area (Å²) < 4.78 is 11.1. The molecule has 2 aromatic rings. The van der Waals surface area contributed by atoms with Crippen LogP contribution < -0.4 is 14.8 Å². The molecule has 1 heterocycles. The van der Waals surface area contributed by atoms with Gasteiger partial charge in [-0.2, -0.15) is 0 Å². The average Bonchev–Trinajstić information content (AvgIpc) is 3.11. The van der Waals surface area contributed by atoms with Crippen molar-refractivity contribution in [2.45, 2.75) is 18.9 Å². The van der Waals surface area contributed by atoms with Gasteiger partial charge in [0.2, 0.25) is 0 Å². The van der Waals surface area contributed by atoms with Crippen molar-refractivity contribution in [2.75, 3.05) is 25.5 Å². The minimum atomic E-state index is -0.875. The SMILES string of the molecule is COc1ccc(Oc2cc(Cl)ccc2NC[C@@H]2CCCN2C(=O)O)cc1. The zero-order chi connectivity index (χ0) is 18.5. The van der Waals surface area contributed by atoms with E-state index in [0.717, 1.165) is 24.3 Å². The molecule has 2 N–H and O–H groups in total. The Hall–Kier alpha value is -2.60. The van der Waals surface area contributed by atoms with Crippen molar-refractivity contribution in [3.8, 4) is 17.2 Å². The number of amides is 1. The molecule has 1 saturated heterocycles. The van der Waals surface area contributed by atoms with Gasteiger partial charge in [0, 0.05) is 24.2 Å². The van der Waals surface area contributed by atoms with Crippen LogP contribution in [0, 0.1) is 0 Å². The van der Waals surface area contributed by atoms with Gasteiger partial charge in [0.1, 0.15) is 11.5 Å². The van der Waals surface area contributed by atoms with Gasteiger partial charge in [-0.3, -0.25) is 0 Å². The lowest BCUT2D eigenvalue weighted by Gasteiger charge is -2.23. The van der Waals surface area contributed by atoms with Gasteiger partial charge in [-0.1, -0.05) is 11.6 Å². The van der Waals surface area contributed by atoms with Crippen LogP contribution in [0.4, 0.5) is 10.5 Å². The van der Waals surface area contributed by atoms with Crippen molar-refractivity contribution in [2.24, 2.45) is 0 Å². The number of likely N-dealkylation sites (tertiary alicyclic amines) is 1. The summed E-state index contributed by atoms with van der Waals surface area (Å²) in [6.45, 7) is 1.10. The molecule has 0 saturated carbocycles. The normalized spacial score (nSPS) is 16.4. The predicted molar refractivity (Wildman–Crippen MR) is 101 cm³/mol. The number of benzene rings is 2. The lowest BCUT2D eigenvalue weighted by molar-refractivity contribution is 0.142.